The third-order valence-corrected chi connectivity index (χ3v) is 2.77. The van der Waals surface area contributed by atoms with Crippen molar-refractivity contribution in [3.05, 3.63) is 64.6 Å². The van der Waals surface area contributed by atoms with Crippen molar-refractivity contribution in [2.45, 2.75) is 6.92 Å². The van der Waals surface area contributed by atoms with Crippen molar-refractivity contribution in [1.29, 1.82) is 0 Å². The van der Waals surface area contributed by atoms with E-state index in [9.17, 15) is 4.79 Å². The van der Waals surface area contributed by atoms with Crippen molar-refractivity contribution in [3.8, 4) is 0 Å². The number of aryl methyl sites for hydroxylation is 1. The fraction of sp³-hybridized carbons (Fsp3) is 0.0667. The van der Waals surface area contributed by atoms with Crippen LogP contribution in [0, 0.1) is 6.92 Å². The van der Waals surface area contributed by atoms with E-state index in [4.69, 9.17) is 16.0 Å². The lowest BCUT2D eigenvalue weighted by Crippen LogP contribution is -2.17. The van der Waals surface area contributed by atoms with Crippen molar-refractivity contribution < 1.29 is 9.21 Å². The predicted octanol–water partition coefficient (Wildman–Crippen LogP) is 3.58. The third kappa shape index (κ3) is 3.83. The molecule has 0 bridgehead atoms. The number of nitrogens with one attached hydrogen (secondary N) is 1. The summed E-state index contributed by atoms with van der Waals surface area (Å²) in [6.45, 7) is 1.71. The Bertz CT molecular complexity index is 645. The van der Waals surface area contributed by atoms with Crippen molar-refractivity contribution >= 4 is 29.8 Å². The summed E-state index contributed by atoms with van der Waals surface area (Å²) >= 11 is 6.00. The monoisotopic (exact) mass is 288 g/mol. The van der Waals surface area contributed by atoms with Gasteiger partial charge in [0.25, 0.3) is 5.91 Å². The molecule has 2 rings (SSSR count). The van der Waals surface area contributed by atoms with E-state index < -0.39 is 0 Å². The molecule has 20 heavy (non-hydrogen) atoms. The zero-order valence-electron chi connectivity index (χ0n) is 10.8. The zero-order chi connectivity index (χ0) is 14.4. The molecule has 0 saturated carbocycles. The minimum Gasteiger partial charge on any atom is -0.469 e. The normalized spacial score (nSPS) is 11.8. The average molecular weight is 289 g/mol. The number of halogens is 1. The number of hydrogen-bond acceptors (Lipinski definition) is 3. The highest BCUT2D eigenvalue weighted by Gasteiger charge is 2.09. The number of furan rings is 1. The van der Waals surface area contributed by atoms with Gasteiger partial charge in [0.2, 0.25) is 0 Å². The number of rotatable bonds is 4. The Morgan fingerprint density at radius 3 is 2.70 bits per heavy atom. The number of hydrazone groups is 1. The van der Waals surface area contributed by atoms with E-state index in [0.29, 0.717) is 16.4 Å². The van der Waals surface area contributed by atoms with Gasteiger partial charge in [-0.15, -0.1) is 0 Å². The maximum absolute atomic E-state index is 11.7. The second-order valence-electron chi connectivity index (χ2n) is 4.03. The maximum Gasteiger partial charge on any atom is 0.274 e. The van der Waals surface area contributed by atoms with Crippen molar-refractivity contribution in [2.75, 3.05) is 0 Å². The van der Waals surface area contributed by atoms with Crippen LogP contribution in [0.2, 0.25) is 0 Å². The van der Waals surface area contributed by atoms with Gasteiger partial charge in [-0.2, -0.15) is 5.10 Å². The van der Waals surface area contributed by atoms with E-state index >= 15 is 0 Å². The Kier molecular flexibility index (Phi) is 4.74. The standard InChI is InChI=1S/C15H13ClN2O2/c1-11-14(7-8-20-11)15(19)18-17-10-13(16)9-12-5-3-2-4-6-12/h2-10H,1H3,(H,18,19)/b13-9-,17-10+. The first-order chi connectivity index (χ1) is 9.66. The average Bonchev–Trinajstić information content (AvgIpc) is 2.86. The van der Waals surface area contributed by atoms with Crippen LogP contribution in [0.1, 0.15) is 21.7 Å². The lowest BCUT2D eigenvalue weighted by atomic mass is 10.2. The van der Waals surface area contributed by atoms with Gasteiger partial charge in [-0.1, -0.05) is 41.9 Å². The van der Waals surface area contributed by atoms with Crippen LogP contribution < -0.4 is 5.43 Å². The molecular formula is C15H13ClN2O2. The second-order valence-corrected chi connectivity index (χ2v) is 4.47. The molecule has 0 aliphatic carbocycles. The zero-order valence-corrected chi connectivity index (χ0v) is 11.6. The quantitative estimate of drug-likeness (QED) is 0.690. The van der Waals surface area contributed by atoms with E-state index in [0.717, 1.165) is 5.56 Å². The number of carbonyl (C=O) groups is 1. The summed E-state index contributed by atoms with van der Waals surface area (Å²) in [5.74, 6) is 0.209. The first-order valence-corrected chi connectivity index (χ1v) is 6.34. The molecule has 0 unspecified atom stereocenters. The van der Waals surface area contributed by atoms with Crippen LogP contribution >= 0.6 is 11.6 Å². The summed E-state index contributed by atoms with van der Waals surface area (Å²) in [7, 11) is 0. The van der Waals surface area contributed by atoms with E-state index in [2.05, 4.69) is 10.5 Å². The van der Waals surface area contributed by atoms with E-state index in [1.807, 2.05) is 30.3 Å². The fourth-order valence-electron chi connectivity index (χ4n) is 1.58. The van der Waals surface area contributed by atoms with Crippen LogP contribution in [0.4, 0.5) is 0 Å². The molecule has 0 aliphatic rings. The SMILES string of the molecule is Cc1occc1C(=O)N/N=C/C(Cl)=C/c1ccccc1. The molecule has 0 atom stereocenters. The highest BCUT2D eigenvalue weighted by molar-refractivity contribution is 6.41. The topological polar surface area (TPSA) is 54.6 Å². The predicted molar refractivity (Wildman–Crippen MR) is 79.7 cm³/mol. The minimum atomic E-state index is -0.336. The Morgan fingerprint density at radius 2 is 2.05 bits per heavy atom. The van der Waals surface area contributed by atoms with Crippen LogP contribution in [-0.2, 0) is 0 Å². The molecule has 1 N–H and O–H groups in total. The van der Waals surface area contributed by atoms with Crippen LogP contribution in [0.5, 0.6) is 0 Å². The molecule has 2 aromatic rings. The molecule has 0 fully saturated rings. The van der Waals surface area contributed by atoms with Crippen LogP contribution in [-0.4, -0.2) is 12.1 Å². The molecule has 0 spiro atoms. The summed E-state index contributed by atoms with van der Waals surface area (Å²) < 4.78 is 5.04. The number of carbonyl (C=O) groups excluding carboxylic acids is 1. The maximum atomic E-state index is 11.7. The first kappa shape index (κ1) is 14.1. The van der Waals surface area contributed by atoms with E-state index in [1.54, 1.807) is 19.1 Å². The van der Waals surface area contributed by atoms with Crippen LogP contribution in [0.25, 0.3) is 6.08 Å². The van der Waals surface area contributed by atoms with Crippen molar-refractivity contribution in [2.24, 2.45) is 5.10 Å². The highest BCUT2D eigenvalue weighted by atomic mass is 35.5. The summed E-state index contributed by atoms with van der Waals surface area (Å²) in [5, 5.41) is 4.22. The lowest BCUT2D eigenvalue weighted by molar-refractivity contribution is 0.0953. The molecule has 0 saturated heterocycles. The van der Waals surface area contributed by atoms with Gasteiger partial charge in [-0.3, -0.25) is 4.79 Å². The summed E-state index contributed by atoms with van der Waals surface area (Å²) in [6, 6.07) is 11.2. The Balaban J connectivity index is 1.95. The Morgan fingerprint density at radius 1 is 1.30 bits per heavy atom. The molecule has 4 nitrogen and oxygen atoms in total. The smallest absolute Gasteiger partial charge is 0.274 e. The van der Waals surface area contributed by atoms with Gasteiger partial charge < -0.3 is 4.42 Å². The number of nitrogens with zero attached hydrogens (tertiary/aromatic N) is 1. The summed E-state index contributed by atoms with van der Waals surface area (Å²) in [5.41, 5.74) is 3.80. The van der Waals surface area contributed by atoms with Gasteiger partial charge in [0, 0.05) is 0 Å². The molecule has 1 aromatic heterocycles. The van der Waals surface area contributed by atoms with E-state index in [1.165, 1.54) is 12.5 Å². The summed E-state index contributed by atoms with van der Waals surface area (Å²) in [4.78, 5) is 11.7. The van der Waals surface area contributed by atoms with Gasteiger partial charge in [-0.05, 0) is 24.6 Å². The van der Waals surface area contributed by atoms with Crippen molar-refractivity contribution in [1.82, 2.24) is 5.43 Å². The highest BCUT2D eigenvalue weighted by Crippen LogP contribution is 2.09. The molecule has 1 heterocycles. The molecule has 1 amide bonds. The molecule has 5 heteroatoms. The Hall–Kier alpha value is -2.33. The Labute approximate surface area is 121 Å². The molecule has 0 radical (unpaired) electrons. The van der Waals surface area contributed by atoms with Gasteiger partial charge >= 0.3 is 0 Å². The van der Waals surface area contributed by atoms with Gasteiger partial charge in [-0.25, -0.2) is 5.43 Å². The second kappa shape index (κ2) is 6.73. The largest absolute Gasteiger partial charge is 0.469 e. The fourth-order valence-corrected chi connectivity index (χ4v) is 1.75. The molecule has 1 aromatic carbocycles. The summed E-state index contributed by atoms with van der Waals surface area (Å²) in [6.07, 6.45) is 4.58. The van der Waals surface area contributed by atoms with Crippen molar-refractivity contribution in [3.63, 3.8) is 0 Å². The molecule has 0 aliphatic heterocycles. The van der Waals surface area contributed by atoms with Crippen LogP contribution in [0.3, 0.4) is 0 Å². The number of hydrogen-bond donors (Lipinski definition) is 1. The molecular weight excluding hydrogens is 276 g/mol. The number of allylic oxidation sites excluding steroid dienone is 1. The molecule has 102 valence electrons. The first-order valence-electron chi connectivity index (χ1n) is 5.96. The van der Waals surface area contributed by atoms with E-state index in [-0.39, 0.29) is 5.91 Å². The number of amides is 1. The lowest BCUT2D eigenvalue weighted by Gasteiger charge is -1.97. The van der Waals surface area contributed by atoms with Gasteiger partial charge in [0.1, 0.15) is 5.76 Å². The third-order valence-electron chi connectivity index (χ3n) is 2.56. The van der Waals surface area contributed by atoms with Gasteiger partial charge in [0.15, 0.2) is 0 Å². The number of benzene rings is 1. The van der Waals surface area contributed by atoms with Crippen LogP contribution in [0.15, 0.2) is 57.2 Å². The van der Waals surface area contributed by atoms with Gasteiger partial charge in [0.05, 0.1) is 23.1 Å². The minimum absolute atomic E-state index is 0.336.